The molecule has 1 aromatic rings. The lowest BCUT2D eigenvalue weighted by Gasteiger charge is -2.39. The van der Waals surface area contributed by atoms with E-state index in [9.17, 15) is 18.0 Å². The number of carbonyl (C=O) groups is 1. The van der Waals surface area contributed by atoms with Crippen molar-refractivity contribution in [1.82, 2.24) is 9.80 Å². The number of likely N-dealkylation sites (tertiary alicyclic amines) is 2. The van der Waals surface area contributed by atoms with Crippen molar-refractivity contribution in [2.45, 2.75) is 64.4 Å². The summed E-state index contributed by atoms with van der Waals surface area (Å²) in [5, 5.41) is 0.713. The van der Waals surface area contributed by atoms with Crippen molar-refractivity contribution in [2.75, 3.05) is 19.6 Å². The van der Waals surface area contributed by atoms with Crippen LogP contribution in [0.2, 0.25) is 5.02 Å². The van der Waals surface area contributed by atoms with Crippen LogP contribution in [-0.4, -0.2) is 53.3 Å². The van der Waals surface area contributed by atoms with Crippen LogP contribution in [0.15, 0.2) is 24.3 Å². The lowest BCUT2D eigenvalue weighted by Crippen LogP contribution is -2.46. The first-order valence-electron chi connectivity index (χ1n) is 9.92. The summed E-state index contributed by atoms with van der Waals surface area (Å²) >= 11 is 5.98. The third-order valence-electron chi connectivity index (χ3n) is 6.30. The zero-order chi connectivity index (χ0) is 21.4. The average Bonchev–Trinajstić information content (AvgIpc) is 2.86. The number of alkyl halides is 3. The predicted molar refractivity (Wildman–Crippen MR) is 106 cm³/mol. The Hall–Kier alpha value is -1.47. The van der Waals surface area contributed by atoms with Crippen molar-refractivity contribution in [3.63, 3.8) is 0 Å². The maximum Gasteiger partial charge on any atom is 0.425 e. The SMILES string of the molecule is CC(OC(=O)N1CCC2(CC1)CN(Cc1ccc(Cl)cc1)C(C)(C)C2)C(F)(F)F. The van der Waals surface area contributed by atoms with E-state index in [0.29, 0.717) is 18.1 Å². The molecule has 0 aromatic heterocycles. The quantitative estimate of drug-likeness (QED) is 0.632. The number of carbonyl (C=O) groups excluding carboxylic acids is 1. The molecular formula is C21H28ClF3N2O2. The molecule has 1 atom stereocenters. The standard InChI is InChI=1S/C21H28ClF3N2O2/c1-15(21(23,24)25)29-18(28)26-10-8-20(9-11-26)13-19(2,3)27(14-20)12-16-4-6-17(22)7-5-16/h4-7,15H,8-14H2,1-3H3. The molecule has 2 fully saturated rings. The molecule has 162 valence electrons. The fourth-order valence-electron chi connectivity index (χ4n) is 4.58. The maximum atomic E-state index is 12.6. The van der Waals surface area contributed by atoms with Gasteiger partial charge in [0.05, 0.1) is 0 Å². The topological polar surface area (TPSA) is 32.8 Å². The Morgan fingerprint density at radius 1 is 1.21 bits per heavy atom. The molecule has 4 nitrogen and oxygen atoms in total. The lowest BCUT2D eigenvalue weighted by molar-refractivity contribution is -0.200. The predicted octanol–water partition coefficient (Wildman–Crippen LogP) is 5.49. The van der Waals surface area contributed by atoms with Crippen LogP contribution in [0.4, 0.5) is 18.0 Å². The van der Waals surface area contributed by atoms with Crippen LogP contribution in [0.1, 0.15) is 45.6 Å². The molecule has 1 spiro atoms. The van der Waals surface area contributed by atoms with Gasteiger partial charge in [-0.25, -0.2) is 4.79 Å². The van der Waals surface area contributed by atoms with E-state index < -0.39 is 18.4 Å². The van der Waals surface area contributed by atoms with Crippen LogP contribution < -0.4 is 0 Å². The summed E-state index contributed by atoms with van der Waals surface area (Å²) < 4.78 is 42.5. The first-order chi connectivity index (χ1) is 13.4. The van der Waals surface area contributed by atoms with Crippen molar-refractivity contribution >= 4 is 17.7 Å². The molecule has 1 unspecified atom stereocenters. The van der Waals surface area contributed by atoms with Crippen molar-refractivity contribution in [2.24, 2.45) is 5.41 Å². The second-order valence-electron chi connectivity index (χ2n) is 9.03. The fourth-order valence-corrected chi connectivity index (χ4v) is 4.70. The largest absolute Gasteiger partial charge is 0.437 e. The van der Waals surface area contributed by atoms with Crippen LogP contribution in [-0.2, 0) is 11.3 Å². The van der Waals surface area contributed by atoms with E-state index in [-0.39, 0.29) is 11.0 Å². The van der Waals surface area contributed by atoms with E-state index in [1.807, 2.05) is 24.3 Å². The molecule has 29 heavy (non-hydrogen) atoms. The number of amides is 1. The van der Waals surface area contributed by atoms with Crippen molar-refractivity contribution < 1.29 is 22.7 Å². The molecule has 2 heterocycles. The van der Waals surface area contributed by atoms with E-state index in [0.717, 1.165) is 39.3 Å². The van der Waals surface area contributed by atoms with E-state index in [2.05, 4.69) is 23.5 Å². The summed E-state index contributed by atoms with van der Waals surface area (Å²) in [6.07, 6.45) is -4.97. The average molecular weight is 433 g/mol. The fraction of sp³-hybridized carbons (Fsp3) is 0.667. The van der Waals surface area contributed by atoms with E-state index in [1.165, 1.54) is 10.5 Å². The minimum atomic E-state index is -4.54. The van der Waals surface area contributed by atoms with Gasteiger partial charge in [0, 0.05) is 36.7 Å². The number of halogens is 4. The van der Waals surface area contributed by atoms with Crippen molar-refractivity contribution in [1.29, 1.82) is 0 Å². The summed E-state index contributed by atoms with van der Waals surface area (Å²) in [6.45, 7) is 7.89. The number of rotatable bonds is 3. The Morgan fingerprint density at radius 2 is 1.79 bits per heavy atom. The lowest BCUT2D eigenvalue weighted by atomic mass is 9.74. The molecule has 0 N–H and O–H groups in total. The molecule has 1 amide bonds. The number of hydrogen-bond acceptors (Lipinski definition) is 3. The Bertz CT molecular complexity index is 728. The van der Waals surface area contributed by atoms with Gasteiger partial charge in [0.2, 0.25) is 0 Å². The highest BCUT2D eigenvalue weighted by Gasteiger charge is 2.50. The summed E-state index contributed by atoms with van der Waals surface area (Å²) in [5.74, 6) is 0. The molecule has 0 saturated carbocycles. The third kappa shape index (κ3) is 5.18. The van der Waals surface area contributed by atoms with Gasteiger partial charge in [-0.1, -0.05) is 23.7 Å². The number of nitrogens with zero attached hydrogens (tertiary/aromatic N) is 2. The summed E-state index contributed by atoms with van der Waals surface area (Å²) in [5.41, 5.74) is 1.27. The van der Waals surface area contributed by atoms with Gasteiger partial charge in [0.25, 0.3) is 0 Å². The summed E-state index contributed by atoms with van der Waals surface area (Å²) in [4.78, 5) is 16.0. The maximum absolute atomic E-state index is 12.6. The highest BCUT2D eigenvalue weighted by Crippen LogP contribution is 2.48. The van der Waals surface area contributed by atoms with Gasteiger partial charge in [0.15, 0.2) is 6.10 Å². The van der Waals surface area contributed by atoms with Gasteiger partial charge in [-0.05, 0) is 63.1 Å². The first kappa shape index (κ1) is 22.2. The van der Waals surface area contributed by atoms with Gasteiger partial charge in [-0.3, -0.25) is 4.90 Å². The molecule has 0 aliphatic carbocycles. The minimum Gasteiger partial charge on any atom is -0.437 e. The van der Waals surface area contributed by atoms with E-state index in [4.69, 9.17) is 11.6 Å². The number of hydrogen-bond donors (Lipinski definition) is 0. The number of piperidine rings is 1. The smallest absolute Gasteiger partial charge is 0.425 e. The third-order valence-corrected chi connectivity index (χ3v) is 6.55. The van der Waals surface area contributed by atoms with Crippen LogP contribution >= 0.6 is 11.6 Å². The highest BCUT2D eigenvalue weighted by atomic mass is 35.5. The molecular weight excluding hydrogens is 405 g/mol. The summed E-state index contributed by atoms with van der Waals surface area (Å²) in [7, 11) is 0. The second kappa shape index (κ2) is 7.99. The van der Waals surface area contributed by atoms with Crippen LogP contribution in [0, 0.1) is 5.41 Å². The second-order valence-corrected chi connectivity index (χ2v) is 9.46. The molecule has 3 rings (SSSR count). The van der Waals surface area contributed by atoms with Gasteiger partial charge >= 0.3 is 12.3 Å². The molecule has 0 radical (unpaired) electrons. The molecule has 1 aromatic carbocycles. The van der Waals surface area contributed by atoms with Crippen LogP contribution in [0.5, 0.6) is 0 Å². The van der Waals surface area contributed by atoms with E-state index >= 15 is 0 Å². The Morgan fingerprint density at radius 3 is 2.34 bits per heavy atom. The van der Waals surface area contributed by atoms with E-state index in [1.54, 1.807) is 0 Å². The minimum absolute atomic E-state index is 0.00706. The van der Waals surface area contributed by atoms with Gasteiger partial charge < -0.3 is 9.64 Å². The van der Waals surface area contributed by atoms with Crippen molar-refractivity contribution in [3.05, 3.63) is 34.9 Å². The zero-order valence-electron chi connectivity index (χ0n) is 17.1. The number of benzene rings is 1. The van der Waals surface area contributed by atoms with Gasteiger partial charge in [-0.2, -0.15) is 13.2 Å². The Balaban J connectivity index is 1.59. The molecule has 8 heteroatoms. The van der Waals surface area contributed by atoms with Crippen molar-refractivity contribution in [3.8, 4) is 0 Å². The van der Waals surface area contributed by atoms with Crippen LogP contribution in [0.3, 0.4) is 0 Å². The zero-order valence-corrected chi connectivity index (χ0v) is 17.8. The monoisotopic (exact) mass is 432 g/mol. The normalized spacial score (nSPS) is 22.7. The number of ether oxygens (including phenoxy) is 1. The highest BCUT2D eigenvalue weighted by molar-refractivity contribution is 6.30. The molecule has 2 saturated heterocycles. The Labute approximate surface area is 174 Å². The van der Waals surface area contributed by atoms with Gasteiger partial charge in [-0.15, -0.1) is 0 Å². The molecule has 2 aliphatic rings. The molecule has 2 aliphatic heterocycles. The Kier molecular flexibility index (Phi) is 6.12. The van der Waals surface area contributed by atoms with Crippen LogP contribution in [0.25, 0.3) is 0 Å². The summed E-state index contributed by atoms with van der Waals surface area (Å²) in [6, 6.07) is 7.84. The van der Waals surface area contributed by atoms with Gasteiger partial charge in [0.1, 0.15) is 0 Å². The first-order valence-corrected chi connectivity index (χ1v) is 10.3. The molecule has 0 bridgehead atoms.